The molecular formula is C18H25F4N5O. The predicted octanol–water partition coefficient (Wildman–Crippen LogP) is 1.98. The maximum atomic E-state index is 13.0. The summed E-state index contributed by atoms with van der Waals surface area (Å²) in [5, 5.41) is 5.41. The number of nitrogens with one attached hydrogen (secondary N) is 2. The van der Waals surface area contributed by atoms with E-state index in [9.17, 15) is 22.4 Å². The zero-order chi connectivity index (χ0) is 20.6. The van der Waals surface area contributed by atoms with Crippen molar-refractivity contribution in [2.24, 2.45) is 4.99 Å². The van der Waals surface area contributed by atoms with Crippen LogP contribution in [-0.4, -0.2) is 69.3 Å². The van der Waals surface area contributed by atoms with E-state index in [1.807, 2.05) is 0 Å². The number of carbonyl (C=O) groups is 1. The molecule has 10 heteroatoms. The van der Waals surface area contributed by atoms with E-state index in [2.05, 4.69) is 20.5 Å². The number of guanidine groups is 1. The second kappa shape index (κ2) is 10.1. The van der Waals surface area contributed by atoms with E-state index in [-0.39, 0.29) is 37.2 Å². The summed E-state index contributed by atoms with van der Waals surface area (Å²) in [4.78, 5) is 20.0. The lowest BCUT2D eigenvalue weighted by Crippen LogP contribution is -2.49. The normalized spacial score (nSPS) is 15.5. The molecule has 0 spiro atoms. The number of rotatable bonds is 6. The van der Waals surface area contributed by atoms with Gasteiger partial charge in [0.2, 0.25) is 5.91 Å². The third kappa shape index (κ3) is 7.24. The quantitative estimate of drug-likeness (QED) is 0.433. The molecule has 1 heterocycles. The molecule has 156 valence electrons. The van der Waals surface area contributed by atoms with Crippen LogP contribution in [0.5, 0.6) is 0 Å². The molecule has 1 saturated heterocycles. The van der Waals surface area contributed by atoms with Crippen LogP contribution in [0.25, 0.3) is 0 Å². The van der Waals surface area contributed by atoms with Crippen molar-refractivity contribution in [2.75, 3.05) is 51.2 Å². The molecule has 0 aliphatic carbocycles. The molecule has 2 N–H and O–H groups in total. The van der Waals surface area contributed by atoms with Gasteiger partial charge in [0.15, 0.2) is 5.96 Å². The highest BCUT2D eigenvalue weighted by Gasteiger charge is 2.26. The first kappa shape index (κ1) is 21.8. The second-order valence-corrected chi connectivity index (χ2v) is 6.39. The van der Waals surface area contributed by atoms with Gasteiger partial charge in [-0.15, -0.1) is 0 Å². The number of piperazine rings is 1. The van der Waals surface area contributed by atoms with E-state index in [4.69, 9.17) is 0 Å². The number of hydrogen-bond donors (Lipinski definition) is 2. The molecule has 6 nitrogen and oxygen atoms in total. The first-order chi connectivity index (χ1) is 13.3. The summed E-state index contributed by atoms with van der Waals surface area (Å²) < 4.78 is 49.5. The number of halogens is 4. The number of nitrogens with zero attached hydrogens (tertiary/aromatic N) is 3. The average molecular weight is 403 g/mol. The van der Waals surface area contributed by atoms with Gasteiger partial charge in [0.05, 0.1) is 6.42 Å². The Hall–Kier alpha value is -2.52. The lowest BCUT2D eigenvalue weighted by atomic mass is 10.2. The summed E-state index contributed by atoms with van der Waals surface area (Å²) in [7, 11) is 1.46. The van der Waals surface area contributed by atoms with Crippen LogP contribution in [-0.2, 0) is 4.79 Å². The molecule has 1 aromatic carbocycles. The number of amides is 1. The Bertz CT molecular complexity index is 655. The third-order valence-corrected chi connectivity index (χ3v) is 4.38. The fourth-order valence-corrected chi connectivity index (χ4v) is 2.86. The standard InChI is InChI=1S/C18H25F4N5O/c1-23-17(25-9-7-18(20,21)22)24-8-6-16(28)27-12-10-26(11-13-27)15-4-2-14(19)3-5-15/h2-5H,6-13H2,1H3,(H2,23,24,25). The van der Waals surface area contributed by atoms with E-state index < -0.39 is 12.6 Å². The van der Waals surface area contributed by atoms with Gasteiger partial charge in [-0.05, 0) is 24.3 Å². The van der Waals surface area contributed by atoms with Gasteiger partial charge < -0.3 is 20.4 Å². The van der Waals surface area contributed by atoms with E-state index in [1.54, 1.807) is 17.0 Å². The van der Waals surface area contributed by atoms with Gasteiger partial charge in [0, 0.05) is 58.4 Å². The van der Waals surface area contributed by atoms with Gasteiger partial charge >= 0.3 is 6.18 Å². The van der Waals surface area contributed by atoms with Crippen molar-refractivity contribution >= 4 is 17.6 Å². The van der Waals surface area contributed by atoms with Gasteiger partial charge in [-0.1, -0.05) is 0 Å². The van der Waals surface area contributed by atoms with Crippen LogP contribution in [0.1, 0.15) is 12.8 Å². The fourth-order valence-electron chi connectivity index (χ4n) is 2.86. The Morgan fingerprint density at radius 1 is 1.07 bits per heavy atom. The van der Waals surface area contributed by atoms with Crippen LogP contribution in [0.2, 0.25) is 0 Å². The Morgan fingerprint density at radius 3 is 2.25 bits per heavy atom. The molecule has 0 radical (unpaired) electrons. The van der Waals surface area contributed by atoms with Gasteiger partial charge in [-0.3, -0.25) is 9.79 Å². The molecule has 0 bridgehead atoms. The van der Waals surface area contributed by atoms with Crippen LogP contribution >= 0.6 is 0 Å². The molecule has 1 aliphatic heterocycles. The minimum absolute atomic E-state index is 0.0306. The number of hydrogen-bond acceptors (Lipinski definition) is 3. The molecule has 1 fully saturated rings. The Kier molecular flexibility index (Phi) is 7.89. The largest absolute Gasteiger partial charge is 0.390 e. The molecule has 2 rings (SSSR count). The zero-order valence-electron chi connectivity index (χ0n) is 15.7. The topological polar surface area (TPSA) is 60.0 Å². The van der Waals surface area contributed by atoms with Crippen LogP contribution in [0.3, 0.4) is 0 Å². The van der Waals surface area contributed by atoms with Gasteiger partial charge in [0.1, 0.15) is 5.82 Å². The van der Waals surface area contributed by atoms with Crippen molar-refractivity contribution in [3.05, 3.63) is 30.1 Å². The molecule has 28 heavy (non-hydrogen) atoms. The van der Waals surface area contributed by atoms with Crippen molar-refractivity contribution in [1.82, 2.24) is 15.5 Å². The summed E-state index contributed by atoms with van der Waals surface area (Å²) in [5.41, 5.74) is 0.920. The zero-order valence-corrected chi connectivity index (χ0v) is 15.7. The fraction of sp³-hybridized carbons (Fsp3) is 0.556. The molecular weight excluding hydrogens is 378 g/mol. The summed E-state index contributed by atoms with van der Waals surface area (Å²) in [6, 6.07) is 6.25. The summed E-state index contributed by atoms with van der Waals surface area (Å²) in [6.45, 7) is 2.45. The minimum Gasteiger partial charge on any atom is -0.368 e. The van der Waals surface area contributed by atoms with Gasteiger partial charge in [-0.2, -0.15) is 13.2 Å². The van der Waals surface area contributed by atoms with Crippen LogP contribution in [0.15, 0.2) is 29.3 Å². The predicted molar refractivity (Wildman–Crippen MR) is 99.8 cm³/mol. The highest BCUT2D eigenvalue weighted by atomic mass is 19.4. The third-order valence-electron chi connectivity index (χ3n) is 4.38. The monoisotopic (exact) mass is 403 g/mol. The van der Waals surface area contributed by atoms with Crippen molar-refractivity contribution in [1.29, 1.82) is 0 Å². The van der Waals surface area contributed by atoms with Crippen LogP contribution < -0.4 is 15.5 Å². The molecule has 1 aromatic rings. The molecule has 0 aromatic heterocycles. The summed E-state index contributed by atoms with van der Waals surface area (Å²) in [6.07, 6.45) is -4.96. The number of carbonyl (C=O) groups excluding carboxylic acids is 1. The highest BCUT2D eigenvalue weighted by Crippen LogP contribution is 2.18. The first-order valence-corrected chi connectivity index (χ1v) is 9.08. The van der Waals surface area contributed by atoms with Crippen molar-refractivity contribution in [3.8, 4) is 0 Å². The van der Waals surface area contributed by atoms with Gasteiger partial charge in [0.25, 0.3) is 0 Å². The maximum absolute atomic E-state index is 13.0. The molecule has 0 unspecified atom stereocenters. The molecule has 1 amide bonds. The molecule has 0 saturated carbocycles. The number of aliphatic imine (C=N–C) groups is 1. The van der Waals surface area contributed by atoms with Crippen molar-refractivity contribution in [2.45, 2.75) is 19.0 Å². The smallest absolute Gasteiger partial charge is 0.368 e. The molecule has 0 atom stereocenters. The SMILES string of the molecule is CN=C(NCCC(=O)N1CCN(c2ccc(F)cc2)CC1)NCCC(F)(F)F. The second-order valence-electron chi connectivity index (χ2n) is 6.39. The van der Waals surface area contributed by atoms with E-state index in [0.717, 1.165) is 5.69 Å². The maximum Gasteiger partial charge on any atom is 0.390 e. The Morgan fingerprint density at radius 2 is 1.68 bits per heavy atom. The highest BCUT2D eigenvalue weighted by molar-refractivity contribution is 5.81. The van der Waals surface area contributed by atoms with Crippen LogP contribution in [0, 0.1) is 5.82 Å². The number of anilines is 1. The lowest BCUT2D eigenvalue weighted by molar-refractivity contribution is -0.133. The van der Waals surface area contributed by atoms with Crippen molar-refractivity contribution in [3.63, 3.8) is 0 Å². The number of alkyl halides is 3. The molecule has 1 aliphatic rings. The van der Waals surface area contributed by atoms with Crippen LogP contribution in [0.4, 0.5) is 23.2 Å². The minimum atomic E-state index is -4.22. The first-order valence-electron chi connectivity index (χ1n) is 9.08. The lowest BCUT2D eigenvalue weighted by Gasteiger charge is -2.36. The van der Waals surface area contributed by atoms with E-state index >= 15 is 0 Å². The van der Waals surface area contributed by atoms with Gasteiger partial charge in [-0.25, -0.2) is 4.39 Å². The van der Waals surface area contributed by atoms with E-state index in [0.29, 0.717) is 26.2 Å². The van der Waals surface area contributed by atoms with E-state index in [1.165, 1.54) is 19.2 Å². The Labute approximate surface area is 161 Å². The summed E-state index contributed by atoms with van der Waals surface area (Å²) in [5.74, 6) is -0.0804. The average Bonchev–Trinajstić information content (AvgIpc) is 2.66. The Balaban J connectivity index is 1.67. The number of benzene rings is 1. The summed E-state index contributed by atoms with van der Waals surface area (Å²) >= 11 is 0. The van der Waals surface area contributed by atoms with Crippen molar-refractivity contribution < 1.29 is 22.4 Å².